The van der Waals surface area contributed by atoms with Gasteiger partial charge < -0.3 is 10.6 Å². The molecule has 1 amide bonds. The average Bonchev–Trinajstić information content (AvgIpc) is 3.32. The summed E-state index contributed by atoms with van der Waals surface area (Å²) in [5.74, 6) is -1.40. The third-order valence-electron chi connectivity index (χ3n) is 4.56. The Morgan fingerprint density at radius 3 is 2.71 bits per heavy atom. The lowest BCUT2D eigenvalue weighted by molar-refractivity contribution is -0.112. The molecule has 2 N–H and O–H groups in total. The van der Waals surface area contributed by atoms with Gasteiger partial charge in [-0.15, -0.1) is 12.6 Å². The van der Waals surface area contributed by atoms with Gasteiger partial charge in [-0.1, -0.05) is 6.07 Å². The molecule has 1 aromatic carbocycles. The highest BCUT2D eigenvalue weighted by atomic mass is 32.1. The van der Waals surface area contributed by atoms with Crippen LogP contribution in [-0.4, -0.2) is 40.7 Å². The quantitative estimate of drug-likeness (QED) is 0.766. The Labute approximate surface area is 144 Å². The fraction of sp³-hybridized carbons (Fsp3) is 0.500. The molecule has 8 heteroatoms. The summed E-state index contributed by atoms with van der Waals surface area (Å²) < 4.78 is 26.6. The number of primary amides is 1. The number of thiol groups is 1. The molecule has 1 aliphatic carbocycles. The average molecular weight is 354 g/mol. The topological polar surface area (TPSA) is 61.9 Å². The van der Waals surface area contributed by atoms with Crippen molar-refractivity contribution in [3.05, 3.63) is 35.4 Å². The summed E-state index contributed by atoms with van der Waals surface area (Å²) in [6.07, 6.45) is 2.80. The molecule has 5 nitrogen and oxygen atoms in total. The molecule has 1 saturated carbocycles. The second-order valence-electron chi connectivity index (χ2n) is 6.41. The van der Waals surface area contributed by atoms with E-state index in [1.807, 2.05) is 0 Å². The molecule has 2 aliphatic rings. The Morgan fingerprint density at radius 2 is 2.12 bits per heavy atom. The second-order valence-corrected chi connectivity index (χ2v) is 6.87. The maximum Gasteiger partial charge on any atom is 0.286 e. The van der Waals surface area contributed by atoms with Crippen LogP contribution in [0.4, 0.5) is 8.78 Å². The van der Waals surface area contributed by atoms with E-state index in [0.717, 1.165) is 24.5 Å². The van der Waals surface area contributed by atoms with E-state index in [2.05, 4.69) is 17.7 Å². The molecule has 0 saturated heterocycles. The molecule has 3 rings (SSSR count). The van der Waals surface area contributed by atoms with Crippen molar-refractivity contribution < 1.29 is 13.6 Å². The Bertz CT molecular complexity index is 680. The first-order chi connectivity index (χ1) is 11.4. The molecule has 2 atom stereocenters. The normalized spacial score (nSPS) is 21.8. The van der Waals surface area contributed by atoms with Crippen molar-refractivity contribution in [1.82, 2.24) is 9.91 Å². The van der Waals surface area contributed by atoms with Gasteiger partial charge in [0.05, 0.1) is 0 Å². The van der Waals surface area contributed by atoms with Crippen molar-refractivity contribution in [2.75, 3.05) is 13.6 Å². The smallest absolute Gasteiger partial charge is 0.286 e. The van der Waals surface area contributed by atoms with Crippen LogP contribution in [0.3, 0.4) is 0 Å². The van der Waals surface area contributed by atoms with E-state index in [1.165, 1.54) is 6.07 Å². The highest BCUT2D eigenvalue weighted by Gasteiger charge is 2.38. The van der Waals surface area contributed by atoms with Gasteiger partial charge >= 0.3 is 0 Å². The van der Waals surface area contributed by atoms with E-state index < -0.39 is 17.5 Å². The maximum absolute atomic E-state index is 13.4. The number of carbonyl (C=O) groups is 1. The first kappa shape index (κ1) is 17.0. The number of hydrazone groups is 1. The summed E-state index contributed by atoms with van der Waals surface area (Å²) >= 11 is 4.48. The number of carbonyl (C=O) groups excluding carboxylic acids is 1. The fourth-order valence-electron chi connectivity index (χ4n) is 3.11. The van der Waals surface area contributed by atoms with E-state index in [4.69, 9.17) is 5.73 Å². The van der Waals surface area contributed by atoms with Crippen molar-refractivity contribution in [3.8, 4) is 0 Å². The summed E-state index contributed by atoms with van der Waals surface area (Å²) in [7, 11) is 1.72. The largest absolute Gasteiger partial charge is 0.363 e. The minimum Gasteiger partial charge on any atom is -0.363 e. The van der Waals surface area contributed by atoms with Crippen LogP contribution in [0.25, 0.3) is 0 Å². The van der Waals surface area contributed by atoms with Gasteiger partial charge in [-0.25, -0.2) is 8.78 Å². The zero-order chi connectivity index (χ0) is 17.4. The van der Waals surface area contributed by atoms with Crippen LogP contribution >= 0.6 is 12.6 Å². The molecule has 1 aromatic rings. The Morgan fingerprint density at radius 1 is 1.42 bits per heavy atom. The molecule has 0 bridgehead atoms. The van der Waals surface area contributed by atoms with Gasteiger partial charge in [0.15, 0.2) is 17.1 Å². The van der Waals surface area contributed by atoms with Crippen molar-refractivity contribution in [1.29, 1.82) is 0 Å². The van der Waals surface area contributed by atoms with Crippen LogP contribution in [0.15, 0.2) is 23.3 Å². The molecule has 0 radical (unpaired) electrons. The van der Waals surface area contributed by atoms with Gasteiger partial charge in [0.2, 0.25) is 5.84 Å². The number of hydrogen-bond donors (Lipinski definition) is 2. The number of amides is 1. The van der Waals surface area contributed by atoms with Crippen LogP contribution in [0, 0.1) is 23.5 Å². The predicted molar refractivity (Wildman–Crippen MR) is 90.1 cm³/mol. The molecule has 130 valence electrons. The molecule has 1 aliphatic heterocycles. The lowest BCUT2D eigenvalue weighted by Gasteiger charge is -2.30. The highest BCUT2D eigenvalue weighted by Crippen LogP contribution is 2.40. The SMILES string of the molecule is CN1N=C(C(N)=O)N(CC(Cc2ccc(F)c(F)c2)C2CC2)C1S. The number of rotatable bonds is 6. The summed E-state index contributed by atoms with van der Waals surface area (Å²) in [6, 6.07) is 3.99. The number of amidine groups is 1. The predicted octanol–water partition coefficient (Wildman–Crippen LogP) is 1.79. The van der Waals surface area contributed by atoms with E-state index >= 15 is 0 Å². The minimum atomic E-state index is -0.846. The zero-order valence-corrected chi connectivity index (χ0v) is 14.2. The molecule has 0 spiro atoms. The standard InChI is InChI=1S/C16H20F2N4OS/c1-21-16(24)22(15(20-21)14(19)23)8-11(10-3-4-10)6-9-2-5-12(17)13(18)7-9/h2,5,7,10-11,16,24H,3-4,6,8H2,1H3,(H2,19,23). The number of nitrogens with two attached hydrogens (primary N) is 1. The Kier molecular flexibility index (Phi) is 4.67. The third kappa shape index (κ3) is 3.48. The molecule has 0 aromatic heterocycles. The first-order valence-electron chi connectivity index (χ1n) is 7.86. The molecular weight excluding hydrogens is 334 g/mol. The summed E-state index contributed by atoms with van der Waals surface area (Å²) in [6.45, 7) is 0.546. The summed E-state index contributed by atoms with van der Waals surface area (Å²) in [4.78, 5) is 13.4. The Hall–Kier alpha value is -1.83. The Balaban J connectivity index is 1.75. The lowest BCUT2D eigenvalue weighted by atomic mass is 9.94. The van der Waals surface area contributed by atoms with Crippen molar-refractivity contribution in [2.45, 2.75) is 24.8 Å². The van der Waals surface area contributed by atoms with Crippen molar-refractivity contribution in [3.63, 3.8) is 0 Å². The summed E-state index contributed by atoms with van der Waals surface area (Å²) in [5, 5.41) is 5.71. The van der Waals surface area contributed by atoms with Crippen LogP contribution in [0.2, 0.25) is 0 Å². The number of halogens is 2. The monoisotopic (exact) mass is 354 g/mol. The number of hydrogen-bond acceptors (Lipinski definition) is 5. The molecular formula is C16H20F2N4OS. The van der Waals surface area contributed by atoms with E-state index in [-0.39, 0.29) is 17.3 Å². The second kappa shape index (κ2) is 6.58. The molecule has 1 fully saturated rings. The maximum atomic E-state index is 13.4. The van der Waals surface area contributed by atoms with Gasteiger partial charge in [-0.3, -0.25) is 9.80 Å². The number of benzene rings is 1. The van der Waals surface area contributed by atoms with Gasteiger partial charge in [-0.05, 0) is 48.8 Å². The minimum absolute atomic E-state index is 0.188. The third-order valence-corrected chi connectivity index (χ3v) is 5.17. The lowest BCUT2D eigenvalue weighted by Crippen LogP contribution is -2.45. The van der Waals surface area contributed by atoms with Gasteiger partial charge in [0.25, 0.3) is 5.91 Å². The summed E-state index contributed by atoms with van der Waals surface area (Å²) in [5.41, 5.74) is 5.79. The molecule has 24 heavy (non-hydrogen) atoms. The van der Waals surface area contributed by atoms with Crippen LogP contribution in [-0.2, 0) is 11.2 Å². The van der Waals surface area contributed by atoms with E-state index in [1.54, 1.807) is 23.0 Å². The van der Waals surface area contributed by atoms with Gasteiger partial charge in [0, 0.05) is 13.6 Å². The van der Waals surface area contributed by atoms with Crippen molar-refractivity contribution >= 4 is 24.4 Å². The van der Waals surface area contributed by atoms with Gasteiger partial charge in [-0.2, -0.15) is 5.10 Å². The molecule has 2 unspecified atom stereocenters. The fourth-order valence-corrected chi connectivity index (χ4v) is 3.37. The van der Waals surface area contributed by atoms with Crippen LogP contribution in [0.1, 0.15) is 18.4 Å². The van der Waals surface area contributed by atoms with Crippen LogP contribution < -0.4 is 5.73 Å². The number of nitrogens with zero attached hydrogens (tertiary/aromatic N) is 3. The van der Waals surface area contributed by atoms with Crippen molar-refractivity contribution in [2.24, 2.45) is 22.7 Å². The molecule has 1 heterocycles. The van der Waals surface area contributed by atoms with E-state index in [9.17, 15) is 13.6 Å². The van der Waals surface area contributed by atoms with Gasteiger partial charge in [0.1, 0.15) is 0 Å². The van der Waals surface area contributed by atoms with E-state index in [0.29, 0.717) is 18.9 Å². The van der Waals surface area contributed by atoms with Crippen LogP contribution in [0.5, 0.6) is 0 Å². The highest BCUT2D eigenvalue weighted by molar-refractivity contribution is 7.80. The zero-order valence-electron chi connectivity index (χ0n) is 13.3. The first-order valence-corrected chi connectivity index (χ1v) is 8.38.